The molecule has 126 valence electrons. The van der Waals surface area contributed by atoms with Crippen LogP contribution in [0.2, 0.25) is 0 Å². The molecule has 1 aliphatic carbocycles. The lowest BCUT2D eigenvalue weighted by atomic mass is 9.90. The highest BCUT2D eigenvalue weighted by Gasteiger charge is 2.13. The minimum absolute atomic E-state index is 0.0196. The first-order valence-electron chi connectivity index (χ1n) is 8.77. The van der Waals surface area contributed by atoms with Crippen molar-refractivity contribution in [1.29, 1.82) is 0 Å². The largest absolute Gasteiger partial charge is 0.348 e. The van der Waals surface area contributed by atoms with Gasteiger partial charge in [0.05, 0.1) is 12.0 Å². The number of carbonyl (C=O) groups excluding carboxylic acids is 1. The van der Waals surface area contributed by atoms with E-state index in [2.05, 4.69) is 22.4 Å². The topological polar surface area (TPSA) is 46.9 Å². The lowest BCUT2D eigenvalue weighted by molar-refractivity contribution is 0.0951. The van der Waals surface area contributed by atoms with Crippen molar-refractivity contribution in [1.82, 2.24) is 14.9 Å². The molecule has 4 heteroatoms. The van der Waals surface area contributed by atoms with Crippen molar-refractivity contribution in [2.75, 3.05) is 0 Å². The monoisotopic (exact) mass is 331 g/mol. The molecule has 0 unspecified atom stereocenters. The van der Waals surface area contributed by atoms with Crippen LogP contribution in [-0.2, 0) is 19.4 Å². The number of para-hydroxylation sites is 1. The van der Waals surface area contributed by atoms with Gasteiger partial charge in [0.15, 0.2) is 0 Å². The van der Waals surface area contributed by atoms with Crippen molar-refractivity contribution < 1.29 is 4.79 Å². The van der Waals surface area contributed by atoms with Crippen molar-refractivity contribution in [2.24, 2.45) is 0 Å². The summed E-state index contributed by atoms with van der Waals surface area (Å²) >= 11 is 0. The number of nitrogens with one attached hydrogen (secondary N) is 1. The molecule has 0 spiro atoms. The minimum Gasteiger partial charge on any atom is -0.348 e. The van der Waals surface area contributed by atoms with E-state index in [-0.39, 0.29) is 5.91 Å². The number of hydrogen-bond acceptors (Lipinski definition) is 2. The zero-order chi connectivity index (χ0) is 17.1. The zero-order valence-corrected chi connectivity index (χ0v) is 14.1. The summed E-state index contributed by atoms with van der Waals surface area (Å²) in [5, 5.41) is 3.05. The fraction of sp³-hybridized carbons (Fsp3) is 0.238. The average Bonchev–Trinajstić information content (AvgIpc) is 3.20. The Morgan fingerprint density at radius 1 is 1.08 bits per heavy atom. The maximum atomic E-state index is 12.6. The smallest absolute Gasteiger partial charge is 0.251 e. The van der Waals surface area contributed by atoms with Crippen LogP contribution in [-0.4, -0.2) is 15.5 Å². The van der Waals surface area contributed by atoms with Gasteiger partial charge in [0, 0.05) is 24.5 Å². The Balaban J connectivity index is 1.50. The van der Waals surface area contributed by atoms with Gasteiger partial charge in [0.25, 0.3) is 5.91 Å². The van der Waals surface area contributed by atoms with Gasteiger partial charge >= 0.3 is 0 Å². The number of nitrogens with zero attached hydrogens (tertiary/aromatic N) is 2. The minimum atomic E-state index is -0.0196. The first-order chi connectivity index (χ1) is 12.3. The van der Waals surface area contributed by atoms with Crippen LogP contribution in [0.4, 0.5) is 0 Å². The van der Waals surface area contributed by atoms with E-state index in [0.29, 0.717) is 6.54 Å². The molecule has 1 aromatic heterocycles. The van der Waals surface area contributed by atoms with Crippen LogP contribution in [0.25, 0.3) is 5.69 Å². The van der Waals surface area contributed by atoms with Crippen molar-refractivity contribution in [3.05, 3.63) is 83.4 Å². The summed E-state index contributed by atoms with van der Waals surface area (Å²) in [6.45, 7) is 0.490. The number of amides is 1. The number of carbonyl (C=O) groups is 1. The number of aromatic nitrogens is 2. The molecule has 3 aromatic rings. The average molecular weight is 331 g/mol. The SMILES string of the molecule is O=C(NCc1ccccc1-n1ccnc1)c1ccc2c(c1)CCCC2. The predicted molar refractivity (Wildman–Crippen MR) is 97.8 cm³/mol. The lowest BCUT2D eigenvalue weighted by Crippen LogP contribution is -2.24. The third-order valence-electron chi connectivity index (χ3n) is 4.82. The first-order valence-corrected chi connectivity index (χ1v) is 8.77. The summed E-state index contributed by atoms with van der Waals surface area (Å²) in [7, 11) is 0. The number of aryl methyl sites for hydroxylation is 2. The van der Waals surface area contributed by atoms with Gasteiger partial charge in [-0.3, -0.25) is 4.79 Å². The summed E-state index contributed by atoms with van der Waals surface area (Å²) in [4.78, 5) is 16.7. The van der Waals surface area contributed by atoms with Crippen LogP contribution in [0.3, 0.4) is 0 Å². The first kappa shape index (κ1) is 15.6. The third kappa shape index (κ3) is 3.33. The number of imidazole rings is 1. The normalized spacial score (nSPS) is 13.3. The van der Waals surface area contributed by atoms with Crippen molar-refractivity contribution >= 4 is 5.91 Å². The number of hydrogen-bond donors (Lipinski definition) is 1. The Morgan fingerprint density at radius 2 is 1.92 bits per heavy atom. The highest BCUT2D eigenvalue weighted by atomic mass is 16.1. The zero-order valence-electron chi connectivity index (χ0n) is 14.1. The standard InChI is InChI=1S/C21H21N3O/c25-21(18-10-9-16-5-1-2-6-17(16)13-18)23-14-19-7-3-4-8-20(19)24-12-11-22-15-24/h3-4,7-13,15H,1-2,5-6,14H2,(H,23,25). The quantitative estimate of drug-likeness (QED) is 0.793. The molecule has 0 radical (unpaired) electrons. The second kappa shape index (κ2) is 6.93. The summed E-state index contributed by atoms with van der Waals surface area (Å²) in [5.74, 6) is -0.0196. The molecule has 4 rings (SSSR count). The lowest BCUT2D eigenvalue weighted by Gasteiger charge is -2.16. The van der Waals surface area contributed by atoms with E-state index < -0.39 is 0 Å². The van der Waals surface area contributed by atoms with Crippen molar-refractivity contribution in [3.8, 4) is 5.69 Å². The van der Waals surface area contributed by atoms with E-state index >= 15 is 0 Å². The summed E-state index contributed by atoms with van der Waals surface area (Å²) in [6, 6.07) is 14.2. The molecule has 1 amide bonds. The molecule has 2 aromatic carbocycles. The van der Waals surface area contributed by atoms with Gasteiger partial charge in [0.1, 0.15) is 0 Å². The molecule has 0 saturated carbocycles. The van der Waals surface area contributed by atoms with Gasteiger partial charge in [-0.15, -0.1) is 0 Å². The van der Waals surface area contributed by atoms with Crippen LogP contribution in [0.1, 0.15) is 39.9 Å². The van der Waals surface area contributed by atoms with Crippen LogP contribution < -0.4 is 5.32 Å². The Bertz CT molecular complexity index is 884. The van der Waals surface area contributed by atoms with Crippen LogP contribution in [0, 0.1) is 0 Å². The van der Waals surface area contributed by atoms with E-state index in [0.717, 1.165) is 29.7 Å². The summed E-state index contributed by atoms with van der Waals surface area (Å²) in [5.41, 5.74) is 5.57. The van der Waals surface area contributed by atoms with E-state index in [9.17, 15) is 4.79 Å². The molecule has 0 aliphatic heterocycles. The van der Waals surface area contributed by atoms with Crippen LogP contribution in [0.5, 0.6) is 0 Å². The number of benzene rings is 2. The number of fused-ring (bicyclic) bond motifs is 1. The third-order valence-corrected chi connectivity index (χ3v) is 4.82. The van der Waals surface area contributed by atoms with Gasteiger partial charge in [-0.25, -0.2) is 4.98 Å². The molecule has 1 N–H and O–H groups in total. The van der Waals surface area contributed by atoms with E-state index in [1.54, 1.807) is 12.5 Å². The predicted octanol–water partition coefficient (Wildman–Crippen LogP) is 3.68. The highest BCUT2D eigenvalue weighted by Crippen LogP contribution is 2.22. The van der Waals surface area contributed by atoms with Gasteiger partial charge in [-0.05, 0) is 60.6 Å². The van der Waals surface area contributed by atoms with Gasteiger partial charge in [-0.2, -0.15) is 0 Å². The Kier molecular flexibility index (Phi) is 4.34. The Labute approximate surface area is 147 Å². The van der Waals surface area contributed by atoms with E-state index in [1.165, 1.54) is 24.0 Å². The van der Waals surface area contributed by atoms with Crippen molar-refractivity contribution in [2.45, 2.75) is 32.2 Å². The fourth-order valence-electron chi connectivity index (χ4n) is 3.47. The summed E-state index contributed by atoms with van der Waals surface area (Å²) < 4.78 is 1.96. The molecule has 0 saturated heterocycles. The highest BCUT2D eigenvalue weighted by molar-refractivity contribution is 5.94. The van der Waals surface area contributed by atoms with Crippen LogP contribution >= 0.6 is 0 Å². The molecule has 1 aliphatic rings. The molecule has 0 fully saturated rings. The van der Waals surface area contributed by atoms with Crippen molar-refractivity contribution in [3.63, 3.8) is 0 Å². The van der Waals surface area contributed by atoms with E-state index in [1.807, 2.05) is 41.1 Å². The van der Waals surface area contributed by atoms with Gasteiger partial charge < -0.3 is 9.88 Å². The molecule has 4 nitrogen and oxygen atoms in total. The molecule has 1 heterocycles. The molecule has 25 heavy (non-hydrogen) atoms. The molecule has 0 atom stereocenters. The maximum Gasteiger partial charge on any atom is 0.251 e. The van der Waals surface area contributed by atoms with Gasteiger partial charge in [-0.1, -0.05) is 24.3 Å². The van der Waals surface area contributed by atoms with E-state index in [4.69, 9.17) is 0 Å². The molecular formula is C21H21N3O. The Hall–Kier alpha value is -2.88. The maximum absolute atomic E-state index is 12.6. The second-order valence-corrected chi connectivity index (χ2v) is 6.47. The molecule has 0 bridgehead atoms. The fourth-order valence-corrected chi connectivity index (χ4v) is 3.47. The van der Waals surface area contributed by atoms with Gasteiger partial charge in [0.2, 0.25) is 0 Å². The Morgan fingerprint density at radius 3 is 2.76 bits per heavy atom. The second-order valence-electron chi connectivity index (χ2n) is 6.47. The van der Waals surface area contributed by atoms with Crippen LogP contribution in [0.15, 0.2) is 61.2 Å². The summed E-state index contributed by atoms with van der Waals surface area (Å²) in [6.07, 6.45) is 10.1. The molecular weight excluding hydrogens is 310 g/mol. The number of rotatable bonds is 4.